The minimum atomic E-state index is -0.667. The predicted octanol–water partition coefficient (Wildman–Crippen LogP) is 2.28. The van der Waals surface area contributed by atoms with Crippen LogP contribution in [0.4, 0.5) is 5.69 Å². The summed E-state index contributed by atoms with van der Waals surface area (Å²) in [5.74, 6) is -0.420. The molecule has 0 fully saturated rings. The summed E-state index contributed by atoms with van der Waals surface area (Å²) in [5.41, 5.74) is 0.158. The zero-order valence-corrected chi connectivity index (χ0v) is 10.8. The first-order valence-electron chi connectivity index (χ1n) is 4.55. The number of nitro benzene ring substituents is 1. The number of esters is 1. The van der Waals surface area contributed by atoms with Gasteiger partial charge in [0.15, 0.2) is 0 Å². The maximum absolute atomic E-state index is 11.6. The van der Waals surface area contributed by atoms with Gasteiger partial charge in [0.2, 0.25) is 0 Å². The van der Waals surface area contributed by atoms with Crippen molar-refractivity contribution in [1.82, 2.24) is 0 Å². The van der Waals surface area contributed by atoms with E-state index in [1.165, 1.54) is 26.4 Å². The molecule has 0 aliphatic rings. The smallest absolute Gasteiger partial charge is 0.342 e. The van der Waals surface area contributed by atoms with E-state index in [9.17, 15) is 14.9 Å². The molecule has 17 heavy (non-hydrogen) atoms. The van der Waals surface area contributed by atoms with E-state index < -0.39 is 10.9 Å². The Labute approximate surface area is 106 Å². The van der Waals surface area contributed by atoms with E-state index in [2.05, 4.69) is 20.7 Å². The molecule has 1 aromatic rings. The summed E-state index contributed by atoms with van der Waals surface area (Å²) in [6.07, 6.45) is 0. The third kappa shape index (κ3) is 2.55. The van der Waals surface area contributed by atoms with Gasteiger partial charge < -0.3 is 9.47 Å². The monoisotopic (exact) mass is 303 g/mol. The lowest BCUT2D eigenvalue weighted by molar-refractivity contribution is -0.385. The van der Waals surface area contributed by atoms with Crippen molar-refractivity contribution in [3.8, 4) is 5.75 Å². The number of hydrogen-bond acceptors (Lipinski definition) is 5. The molecule has 0 spiro atoms. The summed E-state index contributed by atoms with van der Waals surface area (Å²) in [6.45, 7) is 0. The van der Waals surface area contributed by atoms with Crippen LogP contribution in [-0.2, 0) is 10.1 Å². The van der Waals surface area contributed by atoms with Gasteiger partial charge in [-0.1, -0.05) is 15.9 Å². The third-order valence-corrected chi connectivity index (χ3v) is 2.75. The van der Waals surface area contributed by atoms with Crippen molar-refractivity contribution in [2.45, 2.75) is 5.33 Å². The quantitative estimate of drug-likeness (QED) is 0.369. The van der Waals surface area contributed by atoms with E-state index in [0.717, 1.165) is 0 Å². The number of alkyl halides is 1. The number of nitrogens with zero attached hydrogens (tertiary/aromatic N) is 1. The number of hydrogen-bond donors (Lipinski definition) is 0. The molecule has 1 aromatic carbocycles. The maximum atomic E-state index is 11.6. The second-order valence-electron chi connectivity index (χ2n) is 3.02. The molecule has 1 rings (SSSR count). The van der Waals surface area contributed by atoms with Crippen LogP contribution >= 0.6 is 15.9 Å². The summed E-state index contributed by atoms with van der Waals surface area (Å²) in [4.78, 5) is 21.9. The van der Waals surface area contributed by atoms with Crippen LogP contribution in [-0.4, -0.2) is 25.1 Å². The number of rotatable bonds is 4. The van der Waals surface area contributed by atoms with Gasteiger partial charge in [0.25, 0.3) is 5.69 Å². The van der Waals surface area contributed by atoms with Crippen molar-refractivity contribution in [2.24, 2.45) is 0 Å². The number of nitro groups is 1. The summed E-state index contributed by atoms with van der Waals surface area (Å²) in [5, 5.41) is 11.0. The molecule has 0 heterocycles. The molecule has 0 radical (unpaired) electrons. The molecule has 6 nitrogen and oxygen atoms in total. The minimum Gasteiger partial charge on any atom is -0.496 e. The SMILES string of the molecule is COC(=O)c1c(OC)ccc([N+](=O)[O-])c1CBr. The molecule has 7 heteroatoms. The van der Waals surface area contributed by atoms with Crippen molar-refractivity contribution >= 4 is 27.6 Å². The number of benzene rings is 1. The van der Waals surface area contributed by atoms with Gasteiger partial charge >= 0.3 is 5.97 Å². The molecule has 0 unspecified atom stereocenters. The second-order valence-corrected chi connectivity index (χ2v) is 3.58. The molecule has 0 bridgehead atoms. The molecule has 0 amide bonds. The largest absolute Gasteiger partial charge is 0.496 e. The maximum Gasteiger partial charge on any atom is 0.342 e. The normalized spacial score (nSPS) is 9.82. The van der Waals surface area contributed by atoms with Crippen LogP contribution in [0, 0.1) is 10.1 Å². The number of carbonyl (C=O) groups excluding carboxylic acids is 1. The van der Waals surface area contributed by atoms with E-state index in [1.807, 2.05) is 0 Å². The Hall–Kier alpha value is -1.63. The second kappa shape index (κ2) is 5.62. The lowest BCUT2D eigenvalue weighted by Crippen LogP contribution is -2.09. The van der Waals surface area contributed by atoms with E-state index in [4.69, 9.17) is 4.74 Å². The highest BCUT2D eigenvalue weighted by atomic mass is 79.9. The highest BCUT2D eigenvalue weighted by Crippen LogP contribution is 2.32. The van der Waals surface area contributed by atoms with Gasteiger partial charge in [-0.2, -0.15) is 0 Å². The first kappa shape index (κ1) is 13.4. The molecule has 0 aromatic heterocycles. The van der Waals surface area contributed by atoms with Gasteiger partial charge in [0, 0.05) is 11.4 Å². The van der Waals surface area contributed by atoms with Crippen molar-refractivity contribution in [1.29, 1.82) is 0 Å². The van der Waals surface area contributed by atoms with Crippen molar-refractivity contribution in [3.63, 3.8) is 0 Å². The van der Waals surface area contributed by atoms with Gasteiger partial charge in [-0.15, -0.1) is 0 Å². The molecule has 92 valence electrons. The van der Waals surface area contributed by atoms with Crippen LogP contribution in [0.3, 0.4) is 0 Å². The Morgan fingerprint density at radius 1 is 1.47 bits per heavy atom. The first-order chi connectivity index (χ1) is 8.06. The Kier molecular flexibility index (Phi) is 4.45. The van der Waals surface area contributed by atoms with Crippen molar-refractivity contribution < 1.29 is 19.2 Å². The van der Waals surface area contributed by atoms with E-state index in [1.54, 1.807) is 0 Å². The van der Waals surface area contributed by atoms with Gasteiger partial charge in [-0.3, -0.25) is 10.1 Å². The minimum absolute atomic E-state index is 0.0704. The average Bonchev–Trinajstić information content (AvgIpc) is 2.35. The molecule has 0 saturated heterocycles. The number of methoxy groups -OCH3 is 2. The molecule has 0 aliphatic carbocycles. The lowest BCUT2D eigenvalue weighted by Gasteiger charge is -2.10. The van der Waals surface area contributed by atoms with E-state index >= 15 is 0 Å². The third-order valence-electron chi connectivity index (χ3n) is 2.19. The Balaban J connectivity index is 3.54. The first-order valence-corrected chi connectivity index (χ1v) is 5.67. The van der Waals surface area contributed by atoms with Crippen LogP contribution in [0.2, 0.25) is 0 Å². The fourth-order valence-electron chi connectivity index (χ4n) is 1.42. The summed E-state index contributed by atoms with van der Waals surface area (Å²) < 4.78 is 9.59. The Morgan fingerprint density at radius 3 is 2.53 bits per heavy atom. The fourth-order valence-corrected chi connectivity index (χ4v) is 1.99. The van der Waals surface area contributed by atoms with Gasteiger partial charge in [0.1, 0.15) is 11.3 Å². The standard InChI is InChI=1S/C10H10BrNO5/c1-16-8-4-3-7(12(14)15)6(5-11)9(8)10(13)17-2/h3-4H,5H2,1-2H3. The highest BCUT2D eigenvalue weighted by molar-refractivity contribution is 9.08. The molecule has 0 atom stereocenters. The fraction of sp³-hybridized carbons (Fsp3) is 0.300. The van der Waals surface area contributed by atoms with Gasteiger partial charge in [0.05, 0.1) is 24.7 Å². The number of halogens is 1. The molecular weight excluding hydrogens is 294 g/mol. The van der Waals surface area contributed by atoms with Crippen LogP contribution in [0.5, 0.6) is 5.75 Å². The Morgan fingerprint density at radius 2 is 2.12 bits per heavy atom. The van der Waals surface area contributed by atoms with E-state index in [-0.39, 0.29) is 27.9 Å². The van der Waals surface area contributed by atoms with Crippen LogP contribution in [0.1, 0.15) is 15.9 Å². The predicted molar refractivity (Wildman–Crippen MR) is 63.6 cm³/mol. The number of carbonyl (C=O) groups is 1. The summed E-state index contributed by atoms with van der Waals surface area (Å²) in [7, 11) is 2.59. The summed E-state index contributed by atoms with van der Waals surface area (Å²) in [6, 6.07) is 2.67. The molecule has 0 aliphatic heterocycles. The van der Waals surface area contributed by atoms with Gasteiger partial charge in [-0.05, 0) is 6.07 Å². The van der Waals surface area contributed by atoms with Crippen LogP contribution in [0.25, 0.3) is 0 Å². The van der Waals surface area contributed by atoms with Gasteiger partial charge in [-0.25, -0.2) is 4.79 Å². The topological polar surface area (TPSA) is 78.7 Å². The van der Waals surface area contributed by atoms with Crippen LogP contribution in [0.15, 0.2) is 12.1 Å². The zero-order chi connectivity index (χ0) is 13.0. The highest BCUT2D eigenvalue weighted by Gasteiger charge is 2.25. The zero-order valence-electron chi connectivity index (χ0n) is 9.23. The van der Waals surface area contributed by atoms with Crippen molar-refractivity contribution in [2.75, 3.05) is 14.2 Å². The van der Waals surface area contributed by atoms with Crippen molar-refractivity contribution in [3.05, 3.63) is 33.4 Å². The molecular formula is C10H10BrNO5. The average molecular weight is 304 g/mol. The lowest BCUT2D eigenvalue weighted by atomic mass is 10.1. The summed E-state index contributed by atoms with van der Waals surface area (Å²) >= 11 is 3.12. The number of ether oxygens (including phenoxy) is 2. The van der Waals surface area contributed by atoms with E-state index in [0.29, 0.717) is 0 Å². The molecule has 0 N–H and O–H groups in total. The van der Waals surface area contributed by atoms with Crippen LogP contribution < -0.4 is 4.74 Å². The molecule has 0 saturated carbocycles. The Bertz CT molecular complexity index is 460.